The molecule has 0 saturated carbocycles. The second-order valence-corrected chi connectivity index (χ2v) is 27.0. The molecule has 4 heterocycles. The average Bonchev–Trinajstić information content (AvgIpc) is 3.77. The van der Waals surface area contributed by atoms with Gasteiger partial charge in [0.05, 0.1) is 11.0 Å². The van der Waals surface area contributed by atoms with E-state index in [9.17, 15) is 0 Å². The van der Waals surface area contributed by atoms with Crippen LogP contribution in [0.25, 0.3) is 27.8 Å². The first-order valence-electron chi connectivity index (χ1n) is 23.4. The molecular weight excluding hydrogens is 939 g/mol. The molecule has 0 N–H and O–H groups in total. The molecule has 0 spiro atoms. The molecule has 0 fully saturated rings. The van der Waals surface area contributed by atoms with Gasteiger partial charge in [-0.25, -0.2) is 9.97 Å². The summed E-state index contributed by atoms with van der Waals surface area (Å²) in [4.78, 5) is 11.6. The molecule has 0 atom stereocenters. The van der Waals surface area contributed by atoms with Gasteiger partial charge in [-0.1, -0.05) is 206 Å². The van der Waals surface area contributed by atoms with Gasteiger partial charge in [-0.2, -0.15) is 0 Å². The fraction of sp³-hybridized carbons (Fsp3) is 0. The van der Waals surface area contributed by atoms with Crippen molar-refractivity contribution in [1.29, 1.82) is 0 Å². The Kier molecular flexibility index (Phi) is 12.1. The number of hydrogen-bond acceptors (Lipinski definition) is 8. The van der Waals surface area contributed by atoms with Gasteiger partial charge in [-0.05, 0) is 102 Å². The maximum atomic E-state index is 4.70. The van der Waals surface area contributed by atoms with Crippen LogP contribution in [-0.4, -0.2) is 51.1 Å². The second-order valence-electron chi connectivity index (χ2n) is 17.2. The first-order valence-corrected chi connectivity index (χ1v) is 29.0. The van der Waals surface area contributed by atoms with Crippen molar-refractivity contribution in [2.45, 2.75) is 19.8 Å². The molecule has 8 aromatic carbocycles. The summed E-state index contributed by atoms with van der Waals surface area (Å²) in [5.41, 5.74) is 1.96. The lowest BCUT2D eigenvalue weighted by molar-refractivity contribution is 0.801. The number of rotatable bonds is 13. The summed E-state index contributed by atoms with van der Waals surface area (Å²) < 4.78 is 2.18. The van der Waals surface area contributed by atoms with Gasteiger partial charge in [0.25, 0.3) is 5.95 Å². The van der Waals surface area contributed by atoms with Gasteiger partial charge in [0.2, 0.25) is 0 Å². The minimum atomic E-state index is -3.06. The van der Waals surface area contributed by atoms with Crippen LogP contribution >= 0.6 is 23.5 Å². The van der Waals surface area contributed by atoms with Crippen molar-refractivity contribution in [1.82, 2.24) is 34.9 Å². The van der Waals surface area contributed by atoms with E-state index in [1.165, 1.54) is 47.8 Å². The van der Waals surface area contributed by atoms with Crippen molar-refractivity contribution in [2.24, 2.45) is 0 Å². The van der Waals surface area contributed by atoms with E-state index in [1.807, 2.05) is 36.7 Å². The molecule has 0 aliphatic heterocycles. The second kappa shape index (κ2) is 19.4. The van der Waals surface area contributed by atoms with Crippen LogP contribution in [0.2, 0.25) is 0 Å². The van der Waals surface area contributed by atoms with Crippen molar-refractivity contribution in [3.63, 3.8) is 0 Å². The third-order valence-corrected chi connectivity index (χ3v) is 24.7. The molecule has 0 saturated heterocycles. The summed E-state index contributed by atoms with van der Waals surface area (Å²) >= 11 is 3.37. The van der Waals surface area contributed by atoms with Crippen LogP contribution in [-0.2, 0) is 0 Å². The van der Waals surface area contributed by atoms with Gasteiger partial charge in [0.1, 0.15) is 10.1 Å². The molecule has 0 unspecified atom stereocenters. The van der Waals surface area contributed by atoms with Crippen LogP contribution in [0.1, 0.15) is 0 Å². The lowest BCUT2D eigenvalue weighted by Crippen LogP contribution is -2.74. The van der Waals surface area contributed by atoms with Gasteiger partial charge in [-0.3, -0.25) is 4.57 Å². The monoisotopic (exact) mass is 981 g/mol. The predicted molar refractivity (Wildman–Crippen MR) is 296 cm³/mol. The highest BCUT2D eigenvalue weighted by Gasteiger charge is 2.44. The van der Waals surface area contributed by atoms with Crippen molar-refractivity contribution >= 4 is 103 Å². The van der Waals surface area contributed by atoms with E-state index >= 15 is 0 Å². The lowest BCUT2D eigenvalue weighted by atomic mass is 10.1. The molecular formula is C60H43N7S2Si2. The summed E-state index contributed by atoms with van der Waals surface area (Å²) in [7, 11) is -6.13. The zero-order valence-electron chi connectivity index (χ0n) is 38.3. The topological polar surface area (TPSA) is 82.3 Å². The fourth-order valence-corrected chi connectivity index (χ4v) is 21.8. The van der Waals surface area contributed by atoms with Crippen molar-refractivity contribution in [3.8, 4) is 5.95 Å². The summed E-state index contributed by atoms with van der Waals surface area (Å²) in [6.45, 7) is 0. The Hall–Kier alpha value is -8.07. The Morgan fingerprint density at radius 1 is 0.324 bits per heavy atom. The largest absolute Gasteiger partial charge is 0.275 e. The van der Waals surface area contributed by atoms with Gasteiger partial charge in [0.15, 0.2) is 22.5 Å². The maximum Gasteiger partial charge on any atom is 0.273 e. The van der Waals surface area contributed by atoms with Crippen LogP contribution in [0, 0.1) is 0 Å². The molecule has 0 aliphatic carbocycles. The Bertz CT molecular complexity index is 3460. The summed E-state index contributed by atoms with van der Waals surface area (Å²) in [6.07, 6.45) is 5.10. The summed E-state index contributed by atoms with van der Waals surface area (Å²) in [5, 5.41) is 32.2. The van der Waals surface area contributed by atoms with Crippen LogP contribution in [0.3, 0.4) is 0 Å². The number of aromatic nitrogens is 7. The molecule has 338 valence electrons. The van der Waals surface area contributed by atoms with E-state index in [0.29, 0.717) is 5.95 Å². The third-order valence-electron chi connectivity index (χ3n) is 13.3. The predicted octanol–water partition coefficient (Wildman–Crippen LogP) is 8.21. The van der Waals surface area contributed by atoms with Crippen molar-refractivity contribution < 1.29 is 0 Å². The maximum absolute atomic E-state index is 4.70. The zero-order chi connectivity index (χ0) is 47.5. The fourth-order valence-electron chi connectivity index (χ4n) is 10.4. The number of nitrogens with zero attached hydrogens (tertiary/aromatic N) is 7. The Labute approximate surface area is 422 Å². The zero-order valence-corrected chi connectivity index (χ0v) is 41.9. The van der Waals surface area contributed by atoms with E-state index in [1.54, 1.807) is 23.5 Å². The standard InChI is InChI=1S/C60H43N7S2Si2/c1-5-21-46(22-6-1)70(47-23-7-2-8-24-47,50-29-17-19-44(39-50)68-58-31-13-15-37-61-58)52-33-35-54-55-36-34-53(42-57(55)67(56(54)41-52)60-65-63-43-64-66-60)71(48-25-9-3-10-26-48,49-27-11-4-12-28-49)51-30-18-20-45(40-51)69-59-32-14-16-38-62-59/h1-43H. The Morgan fingerprint density at radius 2 is 0.690 bits per heavy atom. The molecule has 0 bridgehead atoms. The van der Waals surface area contributed by atoms with Crippen LogP contribution in [0.15, 0.2) is 281 Å². The number of hydrogen-bond donors (Lipinski definition) is 0. The van der Waals surface area contributed by atoms with Gasteiger partial charge in [-0.15, -0.1) is 20.4 Å². The van der Waals surface area contributed by atoms with E-state index < -0.39 is 16.1 Å². The van der Waals surface area contributed by atoms with Crippen LogP contribution in [0.4, 0.5) is 0 Å². The Morgan fingerprint density at radius 3 is 1.07 bits per heavy atom. The Balaban J connectivity index is 1.13. The van der Waals surface area contributed by atoms with Gasteiger partial charge < -0.3 is 0 Å². The number of fused-ring (bicyclic) bond motifs is 3. The van der Waals surface area contributed by atoms with E-state index in [0.717, 1.165) is 41.6 Å². The van der Waals surface area contributed by atoms with Gasteiger partial charge >= 0.3 is 0 Å². The van der Waals surface area contributed by atoms with E-state index in [4.69, 9.17) is 10.2 Å². The molecule has 7 nitrogen and oxygen atoms in total. The normalized spacial score (nSPS) is 11.8. The van der Waals surface area contributed by atoms with Crippen LogP contribution < -0.4 is 41.5 Å². The highest BCUT2D eigenvalue weighted by molar-refractivity contribution is 7.99. The quantitative estimate of drug-likeness (QED) is 0.0846. The van der Waals surface area contributed by atoms with Crippen molar-refractivity contribution in [3.05, 3.63) is 261 Å². The van der Waals surface area contributed by atoms with Crippen molar-refractivity contribution in [2.75, 3.05) is 0 Å². The molecule has 12 rings (SSSR count). The SMILES string of the molecule is c1ccc([Si](c2ccccc2)(c2cccc(Sc3ccccn3)c2)c2ccc3c4ccc([Si](c5ccccc5)(c5ccccc5)c5cccc(Sc6ccccn6)c5)cc4n(-c4nncnn4)c3c2)cc1. The molecule has 12 aromatic rings. The van der Waals surface area contributed by atoms with E-state index in [2.05, 4.69) is 243 Å². The summed E-state index contributed by atoms with van der Waals surface area (Å²) in [6, 6.07) is 88.6. The first kappa shape index (κ1) is 44.2. The minimum Gasteiger partial charge on any atom is -0.275 e. The first-order chi connectivity index (χ1) is 35.2. The molecule has 0 amide bonds. The minimum absolute atomic E-state index is 0.405. The smallest absolute Gasteiger partial charge is 0.273 e. The molecule has 4 aromatic heterocycles. The number of benzene rings is 8. The van der Waals surface area contributed by atoms with Gasteiger partial charge in [0, 0.05) is 33.0 Å². The molecule has 11 heteroatoms. The van der Waals surface area contributed by atoms with Crippen LogP contribution in [0.5, 0.6) is 0 Å². The highest BCUT2D eigenvalue weighted by Crippen LogP contribution is 2.32. The highest BCUT2D eigenvalue weighted by atomic mass is 32.2. The molecule has 0 radical (unpaired) electrons. The third kappa shape index (κ3) is 8.08. The molecule has 71 heavy (non-hydrogen) atoms. The van der Waals surface area contributed by atoms with E-state index in [-0.39, 0.29) is 0 Å². The lowest BCUT2D eigenvalue weighted by Gasteiger charge is -2.34. The summed E-state index contributed by atoms with van der Waals surface area (Å²) in [5.74, 6) is 0.405. The molecule has 0 aliphatic rings. The average molecular weight is 982 g/mol. The number of pyridine rings is 2.